The summed E-state index contributed by atoms with van der Waals surface area (Å²) in [5.74, 6) is 1.26. The summed E-state index contributed by atoms with van der Waals surface area (Å²) >= 11 is 0. The van der Waals surface area contributed by atoms with Crippen molar-refractivity contribution in [1.82, 2.24) is 9.97 Å². The van der Waals surface area contributed by atoms with E-state index in [-0.39, 0.29) is 12.1 Å². The van der Waals surface area contributed by atoms with Crippen LogP contribution in [0.2, 0.25) is 0 Å². The van der Waals surface area contributed by atoms with Crippen LogP contribution in [0.3, 0.4) is 0 Å². The van der Waals surface area contributed by atoms with Gasteiger partial charge in [0.1, 0.15) is 24.5 Å². The number of hydrogen-bond acceptors (Lipinski definition) is 7. The van der Waals surface area contributed by atoms with E-state index < -0.39 is 5.41 Å². The van der Waals surface area contributed by atoms with Gasteiger partial charge in [0.15, 0.2) is 0 Å². The third-order valence-corrected chi connectivity index (χ3v) is 5.96. The Labute approximate surface area is 177 Å². The first-order chi connectivity index (χ1) is 14.4. The molecule has 7 heteroatoms. The van der Waals surface area contributed by atoms with Gasteiger partial charge in [-0.2, -0.15) is 0 Å². The quantitative estimate of drug-likeness (QED) is 0.445. The van der Waals surface area contributed by atoms with E-state index in [1.165, 1.54) is 6.33 Å². The average Bonchev–Trinajstić information content (AvgIpc) is 2.72. The molecule has 1 aromatic carbocycles. The number of aromatic nitrogens is 2. The van der Waals surface area contributed by atoms with Gasteiger partial charge in [-0.3, -0.25) is 0 Å². The molecule has 7 nitrogen and oxygen atoms in total. The highest BCUT2D eigenvalue weighted by molar-refractivity contribution is 6.15. The van der Waals surface area contributed by atoms with Crippen molar-refractivity contribution in [3.63, 3.8) is 0 Å². The third-order valence-electron chi connectivity index (χ3n) is 5.96. The second-order valence-electron chi connectivity index (χ2n) is 8.49. The molecule has 1 aromatic heterocycles. The standard InChI is InChI=1S/C23H29N5O2/c1-4-11-29-28-21-18-12-16(30-15-7-5-14(24)6-8-15)9-10-17(18)20-19(23(21,2)3)22(25)27-13-26-20/h4,9-10,12-15H,1,5-8,11,24H2,2-3H3,(H2,25,26,27)/b28-21+. The minimum atomic E-state index is -0.537. The van der Waals surface area contributed by atoms with E-state index in [1.807, 2.05) is 18.2 Å². The zero-order chi connectivity index (χ0) is 21.3. The van der Waals surface area contributed by atoms with E-state index in [1.54, 1.807) is 6.08 Å². The lowest BCUT2D eigenvalue weighted by Gasteiger charge is -2.35. The summed E-state index contributed by atoms with van der Waals surface area (Å²) in [5.41, 5.74) is 16.1. The Morgan fingerprint density at radius 2 is 1.97 bits per heavy atom. The summed E-state index contributed by atoms with van der Waals surface area (Å²) in [6, 6.07) is 6.32. The number of oxime groups is 1. The van der Waals surface area contributed by atoms with Crippen LogP contribution in [-0.4, -0.2) is 34.4 Å². The lowest BCUT2D eigenvalue weighted by atomic mass is 9.70. The molecule has 158 valence electrons. The maximum Gasteiger partial charge on any atom is 0.135 e. The molecule has 0 bridgehead atoms. The van der Waals surface area contributed by atoms with Crippen LogP contribution >= 0.6 is 0 Å². The van der Waals surface area contributed by atoms with Crippen molar-refractivity contribution >= 4 is 11.5 Å². The zero-order valence-electron chi connectivity index (χ0n) is 17.6. The van der Waals surface area contributed by atoms with E-state index in [0.29, 0.717) is 12.4 Å². The van der Waals surface area contributed by atoms with Crippen molar-refractivity contribution in [3.05, 3.63) is 48.3 Å². The third kappa shape index (κ3) is 3.65. The summed E-state index contributed by atoms with van der Waals surface area (Å²) in [4.78, 5) is 14.3. The minimum Gasteiger partial charge on any atom is -0.490 e. The van der Waals surface area contributed by atoms with Gasteiger partial charge in [-0.1, -0.05) is 17.8 Å². The Balaban J connectivity index is 1.77. The number of nitrogens with zero attached hydrogens (tertiary/aromatic N) is 3. The van der Waals surface area contributed by atoms with Crippen LogP contribution in [-0.2, 0) is 10.3 Å². The van der Waals surface area contributed by atoms with Gasteiger partial charge in [-0.25, -0.2) is 9.97 Å². The first-order valence-electron chi connectivity index (χ1n) is 10.4. The minimum absolute atomic E-state index is 0.183. The number of nitrogens with two attached hydrogens (primary N) is 2. The lowest BCUT2D eigenvalue weighted by molar-refractivity contribution is 0.147. The van der Waals surface area contributed by atoms with Gasteiger partial charge < -0.3 is 21.0 Å². The largest absolute Gasteiger partial charge is 0.490 e. The number of nitrogen functional groups attached to an aromatic ring is 1. The molecule has 2 aliphatic rings. The van der Waals surface area contributed by atoms with Gasteiger partial charge in [-0.05, 0) is 57.7 Å². The first kappa shape index (κ1) is 20.3. The van der Waals surface area contributed by atoms with E-state index in [4.69, 9.17) is 21.0 Å². The summed E-state index contributed by atoms with van der Waals surface area (Å²) in [6.45, 7) is 8.13. The van der Waals surface area contributed by atoms with Crippen molar-refractivity contribution < 1.29 is 9.57 Å². The first-order valence-corrected chi connectivity index (χ1v) is 10.4. The molecule has 0 aliphatic heterocycles. The highest BCUT2D eigenvalue weighted by Gasteiger charge is 2.41. The maximum absolute atomic E-state index is 6.30. The fraction of sp³-hybridized carbons (Fsp3) is 0.435. The summed E-state index contributed by atoms with van der Waals surface area (Å²) in [7, 11) is 0. The molecule has 0 spiro atoms. The molecular weight excluding hydrogens is 378 g/mol. The Morgan fingerprint density at radius 3 is 2.70 bits per heavy atom. The van der Waals surface area contributed by atoms with E-state index in [9.17, 15) is 0 Å². The molecular formula is C23H29N5O2. The van der Waals surface area contributed by atoms with Crippen molar-refractivity contribution in [3.8, 4) is 17.0 Å². The number of anilines is 1. The van der Waals surface area contributed by atoms with Gasteiger partial charge >= 0.3 is 0 Å². The van der Waals surface area contributed by atoms with Crippen LogP contribution in [0.4, 0.5) is 5.82 Å². The number of hydrogen-bond donors (Lipinski definition) is 2. The van der Waals surface area contributed by atoms with E-state index in [2.05, 4.69) is 35.6 Å². The van der Waals surface area contributed by atoms with Crippen LogP contribution in [0.25, 0.3) is 11.3 Å². The summed E-state index contributed by atoms with van der Waals surface area (Å²) in [5, 5.41) is 4.47. The number of fused-ring (bicyclic) bond motifs is 3. The van der Waals surface area contributed by atoms with E-state index >= 15 is 0 Å². The van der Waals surface area contributed by atoms with Crippen LogP contribution in [0.15, 0.2) is 42.3 Å². The highest BCUT2D eigenvalue weighted by atomic mass is 16.6. The molecule has 2 aromatic rings. The second-order valence-corrected chi connectivity index (χ2v) is 8.49. The molecule has 0 radical (unpaired) electrons. The van der Waals surface area contributed by atoms with Gasteiger partial charge in [0, 0.05) is 28.1 Å². The summed E-state index contributed by atoms with van der Waals surface area (Å²) < 4.78 is 6.30. The second kappa shape index (κ2) is 8.07. The normalized spacial score (nSPS) is 23.4. The molecule has 1 fully saturated rings. The van der Waals surface area contributed by atoms with E-state index in [0.717, 1.165) is 59.5 Å². The summed E-state index contributed by atoms with van der Waals surface area (Å²) in [6.07, 6.45) is 7.28. The molecule has 2 aliphatic carbocycles. The predicted octanol–water partition coefficient (Wildman–Crippen LogP) is 3.57. The number of benzene rings is 1. The zero-order valence-corrected chi connectivity index (χ0v) is 17.6. The molecule has 1 saturated carbocycles. The van der Waals surface area contributed by atoms with Crippen LogP contribution in [0.1, 0.15) is 50.7 Å². The van der Waals surface area contributed by atoms with Crippen LogP contribution < -0.4 is 16.2 Å². The Hall–Kier alpha value is -2.93. The van der Waals surface area contributed by atoms with Gasteiger partial charge in [0.05, 0.1) is 17.5 Å². The predicted molar refractivity (Wildman–Crippen MR) is 118 cm³/mol. The Morgan fingerprint density at radius 1 is 1.20 bits per heavy atom. The fourth-order valence-corrected chi connectivity index (χ4v) is 4.39. The molecule has 4 N–H and O–H groups in total. The molecule has 0 amide bonds. The van der Waals surface area contributed by atoms with Crippen molar-refractivity contribution in [2.75, 3.05) is 12.3 Å². The van der Waals surface area contributed by atoms with Crippen molar-refractivity contribution in [1.29, 1.82) is 0 Å². The molecule has 0 unspecified atom stereocenters. The fourth-order valence-electron chi connectivity index (χ4n) is 4.39. The molecule has 1 heterocycles. The average molecular weight is 408 g/mol. The van der Waals surface area contributed by atoms with Gasteiger partial charge in [-0.15, -0.1) is 0 Å². The monoisotopic (exact) mass is 407 g/mol. The molecule has 0 saturated heterocycles. The number of rotatable bonds is 5. The molecule has 0 atom stereocenters. The SMILES string of the molecule is C=CCO/N=C1\c2cc(OC3CCC(N)CC3)ccc2-c2ncnc(N)c2C1(C)C. The van der Waals surface area contributed by atoms with Crippen LogP contribution in [0, 0.1) is 0 Å². The topological polar surface area (TPSA) is 109 Å². The number of ether oxygens (including phenoxy) is 1. The molecule has 4 rings (SSSR count). The van der Waals surface area contributed by atoms with Crippen molar-refractivity contribution in [2.24, 2.45) is 10.9 Å². The lowest BCUT2D eigenvalue weighted by Crippen LogP contribution is -2.36. The Bertz CT molecular complexity index is 978. The van der Waals surface area contributed by atoms with Gasteiger partial charge in [0.2, 0.25) is 0 Å². The highest BCUT2D eigenvalue weighted by Crippen LogP contribution is 2.45. The van der Waals surface area contributed by atoms with Gasteiger partial charge in [0.25, 0.3) is 0 Å². The maximum atomic E-state index is 6.30. The smallest absolute Gasteiger partial charge is 0.135 e. The van der Waals surface area contributed by atoms with Crippen molar-refractivity contribution in [2.45, 2.75) is 57.1 Å². The van der Waals surface area contributed by atoms with Crippen LogP contribution in [0.5, 0.6) is 5.75 Å². The Kier molecular flexibility index (Phi) is 5.47. The molecule has 30 heavy (non-hydrogen) atoms.